The summed E-state index contributed by atoms with van der Waals surface area (Å²) in [6.45, 7) is 0. The summed E-state index contributed by atoms with van der Waals surface area (Å²) in [5.41, 5.74) is 9.95. The number of aromatic nitrogens is 5. The molecule has 3 N–H and O–H groups in total. The van der Waals surface area contributed by atoms with Crippen LogP contribution in [0.1, 0.15) is 5.56 Å². The van der Waals surface area contributed by atoms with Crippen LogP contribution in [0, 0.1) is 0 Å². The summed E-state index contributed by atoms with van der Waals surface area (Å²) in [7, 11) is 3.64. The van der Waals surface area contributed by atoms with Crippen molar-refractivity contribution < 1.29 is 0 Å². The Labute approximate surface area is 154 Å². The van der Waals surface area contributed by atoms with Crippen molar-refractivity contribution in [2.75, 3.05) is 7.05 Å². The minimum atomic E-state index is 0.193. The molecule has 0 saturated heterocycles. The van der Waals surface area contributed by atoms with E-state index in [0.29, 0.717) is 0 Å². The number of nitrogens with one attached hydrogen (secondary N) is 1. The van der Waals surface area contributed by atoms with Gasteiger partial charge >= 0.3 is 0 Å². The molecular weight excluding hydrogens is 348 g/mol. The molecule has 8 nitrogen and oxygen atoms in total. The van der Waals surface area contributed by atoms with Crippen molar-refractivity contribution >= 4 is 45.4 Å². The molecule has 4 rings (SSSR count). The van der Waals surface area contributed by atoms with E-state index in [4.69, 9.17) is 22.9 Å². The average Bonchev–Trinajstić information content (AvgIpc) is 3.27. The van der Waals surface area contributed by atoms with E-state index in [0.717, 1.165) is 38.8 Å². The number of nitrogens with zero attached hydrogens (tertiary/aromatic N) is 6. The first-order valence-corrected chi connectivity index (χ1v) is 8.26. The van der Waals surface area contributed by atoms with Crippen molar-refractivity contribution in [3.05, 3.63) is 42.5 Å². The number of fused-ring (bicyclic) bond motifs is 3. The van der Waals surface area contributed by atoms with E-state index in [1.165, 1.54) is 5.01 Å². The minimum absolute atomic E-state index is 0.193. The summed E-state index contributed by atoms with van der Waals surface area (Å²) >= 11 is 4.95. The van der Waals surface area contributed by atoms with Crippen LogP contribution in [0.15, 0.2) is 42.0 Å². The van der Waals surface area contributed by atoms with Crippen LogP contribution >= 0.6 is 12.2 Å². The van der Waals surface area contributed by atoms with Crippen molar-refractivity contribution in [2.45, 2.75) is 0 Å². The zero-order chi connectivity index (χ0) is 18.3. The van der Waals surface area contributed by atoms with Crippen molar-refractivity contribution in [3.8, 4) is 11.4 Å². The molecule has 0 unspecified atom stereocenters. The first-order chi connectivity index (χ1) is 12.5. The quantitative estimate of drug-likeness (QED) is 0.328. The van der Waals surface area contributed by atoms with E-state index < -0.39 is 0 Å². The third kappa shape index (κ3) is 2.68. The summed E-state index contributed by atoms with van der Waals surface area (Å²) in [6, 6.07) is 5.93. The van der Waals surface area contributed by atoms with Crippen LogP contribution in [0.2, 0.25) is 0 Å². The van der Waals surface area contributed by atoms with Gasteiger partial charge in [-0.3, -0.25) is 5.10 Å². The fourth-order valence-electron chi connectivity index (χ4n) is 2.81. The zero-order valence-corrected chi connectivity index (χ0v) is 15.0. The summed E-state index contributed by atoms with van der Waals surface area (Å²) in [4.78, 5) is 8.97. The summed E-state index contributed by atoms with van der Waals surface area (Å²) in [5.74, 6) is 0. The molecule has 0 amide bonds. The van der Waals surface area contributed by atoms with Crippen molar-refractivity contribution in [1.29, 1.82) is 0 Å². The third-order valence-corrected chi connectivity index (χ3v) is 4.45. The number of hydrogen-bond acceptors (Lipinski definition) is 5. The molecule has 0 aliphatic rings. The van der Waals surface area contributed by atoms with E-state index in [1.807, 2.05) is 29.8 Å². The number of benzene rings is 1. The molecule has 3 aromatic heterocycles. The minimum Gasteiger partial charge on any atom is -0.375 e. The highest BCUT2D eigenvalue weighted by molar-refractivity contribution is 7.80. The molecule has 0 aliphatic carbocycles. The molecule has 1 aromatic carbocycles. The van der Waals surface area contributed by atoms with Crippen LogP contribution in [0.4, 0.5) is 0 Å². The molecule has 0 aliphatic heterocycles. The van der Waals surface area contributed by atoms with Gasteiger partial charge in [0.15, 0.2) is 5.11 Å². The van der Waals surface area contributed by atoms with Gasteiger partial charge < -0.3 is 10.3 Å². The summed E-state index contributed by atoms with van der Waals surface area (Å²) in [5, 5.41) is 15.1. The number of H-pyrrole nitrogens is 1. The molecule has 0 saturated carbocycles. The Kier molecular flexibility index (Phi) is 3.85. The smallest absolute Gasteiger partial charge is 0.186 e. The average molecular weight is 364 g/mol. The zero-order valence-electron chi connectivity index (χ0n) is 14.2. The maximum atomic E-state index is 5.62. The summed E-state index contributed by atoms with van der Waals surface area (Å²) < 4.78 is 1.92. The Balaban J connectivity index is 1.99. The number of nitrogens with two attached hydrogens (primary N) is 1. The number of aryl methyl sites for hydroxylation is 1. The maximum absolute atomic E-state index is 5.62. The van der Waals surface area contributed by atoms with Crippen LogP contribution in [0.5, 0.6) is 0 Å². The molecule has 0 bridgehead atoms. The lowest BCUT2D eigenvalue weighted by Crippen LogP contribution is -2.27. The molecule has 0 atom stereocenters. The Morgan fingerprint density at radius 2 is 2.23 bits per heavy atom. The van der Waals surface area contributed by atoms with Gasteiger partial charge in [0, 0.05) is 30.4 Å². The summed E-state index contributed by atoms with van der Waals surface area (Å²) in [6.07, 6.45) is 7.04. The number of imidazole rings is 1. The fraction of sp³-hybridized carbons (Fsp3) is 0.118. The fourth-order valence-corrected chi connectivity index (χ4v) is 2.86. The molecule has 3 heterocycles. The van der Waals surface area contributed by atoms with Crippen molar-refractivity contribution in [3.63, 3.8) is 0 Å². The number of thiocarbonyl (C=S) groups is 1. The van der Waals surface area contributed by atoms with E-state index in [2.05, 4.69) is 20.3 Å². The van der Waals surface area contributed by atoms with Gasteiger partial charge in [-0.05, 0) is 30.4 Å². The highest BCUT2D eigenvalue weighted by Gasteiger charge is 2.13. The molecule has 130 valence electrons. The number of pyridine rings is 1. The van der Waals surface area contributed by atoms with Crippen LogP contribution < -0.4 is 5.73 Å². The largest absolute Gasteiger partial charge is 0.375 e. The van der Waals surface area contributed by atoms with Crippen molar-refractivity contribution in [2.24, 2.45) is 17.9 Å². The van der Waals surface area contributed by atoms with Crippen LogP contribution in [0.3, 0.4) is 0 Å². The molecular formula is C17H16N8S. The molecule has 0 spiro atoms. The number of hydrazone groups is 1. The van der Waals surface area contributed by atoms with Gasteiger partial charge in [-0.25, -0.2) is 15.0 Å². The Hall–Kier alpha value is -3.33. The normalized spacial score (nSPS) is 11.6. The Bertz CT molecular complexity index is 1160. The molecule has 4 aromatic rings. The molecule has 0 radical (unpaired) electrons. The van der Waals surface area contributed by atoms with Gasteiger partial charge in [-0.1, -0.05) is 0 Å². The van der Waals surface area contributed by atoms with E-state index in [9.17, 15) is 0 Å². The monoisotopic (exact) mass is 364 g/mol. The second-order valence-corrected chi connectivity index (χ2v) is 6.31. The van der Waals surface area contributed by atoms with Gasteiger partial charge in [-0.2, -0.15) is 10.2 Å². The predicted molar refractivity (Wildman–Crippen MR) is 106 cm³/mol. The first-order valence-electron chi connectivity index (χ1n) is 7.85. The van der Waals surface area contributed by atoms with E-state index in [1.54, 1.807) is 32.0 Å². The number of hydrogen-bond donors (Lipinski definition) is 2. The first kappa shape index (κ1) is 16.2. The van der Waals surface area contributed by atoms with E-state index in [-0.39, 0.29) is 5.11 Å². The lowest BCUT2D eigenvalue weighted by molar-refractivity contribution is 0.552. The third-order valence-electron chi connectivity index (χ3n) is 4.19. The molecule has 0 fully saturated rings. The van der Waals surface area contributed by atoms with Gasteiger partial charge in [0.2, 0.25) is 0 Å². The lowest BCUT2D eigenvalue weighted by Gasteiger charge is -2.11. The van der Waals surface area contributed by atoms with Crippen LogP contribution in [-0.4, -0.2) is 48.1 Å². The topological polar surface area (TPSA) is 101 Å². The lowest BCUT2D eigenvalue weighted by atomic mass is 10.0. The van der Waals surface area contributed by atoms with Gasteiger partial charge in [-0.15, -0.1) is 0 Å². The standard InChI is InChI=1S/C17H16N8S/c1-24-9-19-8-14(24)13-5-11(7-21-25(2)17(18)26)15-12(22-13)4-3-10-6-20-23-16(10)15/h3-9H,1-2H3,(H2,18,26)(H,20,23). The van der Waals surface area contributed by atoms with Gasteiger partial charge in [0.1, 0.15) is 0 Å². The Morgan fingerprint density at radius 1 is 1.38 bits per heavy atom. The second-order valence-electron chi connectivity index (χ2n) is 5.89. The second kappa shape index (κ2) is 6.19. The van der Waals surface area contributed by atoms with Gasteiger partial charge in [0.05, 0.1) is 47.4 Å². The Morgan fingerprint density at radius 3 is 2.96 bits per heavy atom. The van der Waals surface area contributed by atoms with E-state index >= 15 is 0 Å². The van der Waals surface area contributed by atoms with Crippen LogP contribution in [0.25, 0.3) is 33.2 Å². The molecule has 9 heteroatoms. The number of aromatic amines is 1. The highest BCUT2D eigenvalue weighted by Crippen LogP contribution is 2.28. The predicted octanol–water partition coefficient (Wildman–Crippen LogP) is 2.02. The highest BCUT2D eigenvalue weighted by atomic mass is 32.1. The van der Waals surface area contributed by atoms with Crippen molar-refractivity contribution in [1.82, 2.24) is 29.7 Å². The number of rotatable bonds is 3. The van der Waals surface area contributed by atoms with Crippen LogP contribution in [-0.2, 0) is 7.05 Å². The SMILES string of the molecule is CN(N=Cc1cc(-c2cncn2C)nc2ccc3cn[nH]c3c12)C(N)=S. The van der Waals surface area contributed by atoms with Gasteiger partial charge in [0.25, 0.3) is 0 Å². The maximum Gasteiger partial charge on any atom is 0.186 e. The molecule has 26 heavy (non-hydrogen) atoms.